The molecule has 0 atom stereocenters. The van der Waals surface area contributed by atoms with Crippen molar-refractivity contribution in [1.82, 2.24) is 14.3 Å². The quantitative estimate of drug-likeness (QED) is 0.729. The van der Waals surface area contributed by atoms with Crippen molar-refractivity contribution in [3.05, 3.63) is 53.5 Å². The Hall–Kier alpha value is -2.54. The minimum atomic E-state index is 0.724. The molecule has 0 aliphatic rings. The van der Waals surface area contributed by atoms with Crippen LogP contribution in [0, 0.1) is 18.3 Å². The molecule has 0 amide bonds. The fourth-order valence-corrected chi connectivity index (χ4v) is 2.63. The second-order valence-electron chi connectivity index (χ2n) is 4.89. The number of hydrogen-bond donors (Lipinski definition) is 0. The molecule has 0 saturated heterocycles. The van der Waals surface area contributed by atoms with E-state index in [4.69, 9.17) is 5.26 Å². The van der Waals surface area contributed by atoms with Crippen LogP contribution in [0.2, 0.25) is 0 Å². The summed E-state index contributed by atoms with van der Waals surface area (Å²) in [5.74, 6) is 0. The van der Waals surface area contributed by atoms with Crippen LogP contribution in [0.1, 0.15) is 23.9 Å². The molecule has 0 fully saturated rings. The van der Waals surface area contributed by atoms with Gasteiger partial charge in [-0.3, -0.25) is 4.68 Å². The SMILES string of the molecule is CCn1nc(C)cc1Cn1ccc2c(C#N)cccc21. The van der Waals surface area contributed by atoms with Crippen molar-refractivity contribution in [2.24, 2.45) is 0 Å². The van der Waals surface area contributed by atoms with E-state index in [9.17, 15) is 0 Å². The van der Waals surface area contributed by atoms with Crippen molar-refractivity contribution in [3.63, 3.8) is 0 Å². The molecule has 4 nitrogen and oxygen atoms in total. The molecule has 0 aliphatic carbocycles. The van der Waals surface area contributed by atoms with Crippen molar-refractivity contribution < 1.29 is 0 Å². The van der Waals surface area contributed by atoms with Crippen LogP contribution in [-0.4, -0.2) is 14.3 Å². The van der Waals surface area contributed by atoms with Gasteiger partial charge in [0.1, 0.15) is 0 Å². The maximum absolute atomic E-state index is 9.15. The summed E-state index contributed by atoms with van der Waals surface area (Å²) in [6, 6.07) is 12.2. The fourth-order valence-electron chi connectivity index (χ4n) is 2.63. The highest BCUT2D eigenvalue weighted by molar-refractivity contribution is 5.86. The van der Waals surface area contributed by atoms with Gasteiger partial charge in [0.05, 0.1) is 29.6 Å². The van der Waals surface area contributed by atoms with E-state index in [2.05, 4.69) is 34.8 Å². The monoisotopic (exact) mass is 264 g/mol. The van der Waals surface area contributed by atoms with Crippen LogP contribution in [0.3, 0.4) is 0 Å². The number of nitriles is 1. The zero-order valence-electron chi connectivity index (χ0n) is 11.7. The van der Waals surface area contributed by atoms with Crippen molar-refractivity contribution in [1.29, 1.82) is 5.26 Å². The first-order chi connectivity index (χ1) is 9.72. The predicted octanol–water partition coefficient (Wildman–Crippen LogP) is 3.09. The van der Waals surface area contributed by atoms with E-state index in [-0.39, 0.29) is 0 Å². The van der Waals surface area contributed by atoms with Gasteiger partial charge in [0.2, 0.25) is 0 Å². The molecule has 100 valence electrons. The molecule has 2 aromatic heterocycles. The van der Waals surface area contributed by atoms with Gasteiger partial charge in [0, 0.05) is 23.6 Å². The predicted molar refractivity (Wildman–Crippen MR) is 78.4 cm³/mol. The fraction of sp³-hybridized carbons (Fsp3) is 0.250. The molecular formula is C16H16N4. The Morgan fingerprint density at radius 3 is 2.90 bits per heavy atom. The van der Waals surface area contributed by atoms with Gasteiger partial charge in [-0.25, -0.2) is 0 Å². The number of hydrogen-bond acceptors (Lipinski definition) is 2. The first-order valence-electron chi connectivity index (χ1n) is 6.74. The Bertz CT molecular complexity index is 802. The summed E-state index contributed by atoms with van der Waals surface area (Å²) in [6.45, 7) is 5.74. The average molecular weight is 264 g/mol. The zero-order chi connectivity index (χ0) is 14.1. The third-order valence-corrected chi connectivity index (χ3v) is 3.55. The average Bonchev–Trinajstić information content (AvgIpc) is 3.03. The lowest BCUT2D eigenvalue weighted by Gasteiger charge is -2.07. The zero-order valence-corrected chi connectivity index (χ0v) is 11.7. The lowest BCUT2D eigenvalue weighted by molar-refractivity contribution is 0.602. The van der Waals surface area contributed by atoms with Crippen LogP contribution >= 0.6 is 0 Å². The van der Waals surface area contributed by atoms with Gasteiger partial charge >= 0.3 is 0 Å². The molecule has 0 radical (unpaired) electrons. The van der Waals surface area contributed by atoms with Crippen LogP contribution in [0.4, 0.5) is 0 Å². The summed E-state index contributed by atoms with van der Waals surface area (Å²) < 4.78 is 4.19. The number of aromatic nitrogens is 3. The highest BCUT2D eigenvalue weighted by Gasteiger charge is 2.08. The lowest BCUT2D eigenvalue weighted by atomic mass is 10.1. The summed E-state index contributed by atoms with van der Waals surface area (Å²) >= 11 is 0. The van der Waals surface area contributed by atoms with E-state index in [1.54, 1.807) is 0 Å². The molecule has 0 N–H and O–H groups in total. The summed E-state index contributed by atoms with van der Waals surface area (Å²) in [6.07, 6.45) is 2.04. The van der Waals surface area contributed by atoms with E-state index < -0.39 is 0 Å². The molecule has 0 bridgehead atoms. The molecule has 4 heteroatoms. The largest absolute Gasteiger partial charge is 0.341 e. The van der Waals surface area contributed by atoms with Gasteiger partial charge in [0.25, 0.3) is 0 Å². The topological polar surface area (TPSA) is 46.5 Å². The molecule has 0 saturated carbocycles. The van der Waals surface area contributed by atoms with Crippen molar-refractivity contribution in [3.8, 4) is 6.07 Å². The summed E-state index contributed by atoms with van der Waals surface area (Å²) in [4.78, 5) is 0. The minimum absolute atomic E-state index is 0.724. The molecule has 2 heterocycles. The molecule has 3 aromatic rings. The number of aryl methyl sites for hydroxylation is 2. The van der Waals surface area contributed by atoms with Crippen molar-refractivity contribution in [2.75, 3.05) is 0 Å². The first kappa shape index (κ1) is 12.5. The highest BCUT2D eigenvalue weighted by atomic mass is 15.3. The Morgan fingerprint density at radius 1 is 1.30 bits per heavy atom. The van der Waals surface area contributed by atoms with E-state index in [0.717, 1.165) is 35.2 Å². The van der Waals surface area contributed by atoms with Gasteiger partial charge in [-0.2, -0.15) is 10.4 Å². The first-order valence-corrected chi connectivity index (χ1v) is 6.74. The van der Waals surface area contributed by atoms with Crippen LogP contribution < -0.4 is 0 Å². The van der Waals surface area contributed by atoms with E-state index in [1.165, 1.54) is 5.69 Å². The molecular weight excluding hydrogens is 248 g/mol. The van der Waals surface area contributed by atoms with Gasteiger partial charge in [-0.15, -0.1) is 0 Å². The number of nitrogens with zero attached hydrogens (tertiary/aromatic N) is 4. The Morgan fingerprint density at radius 2 is 2.15 bits per heavy atom. The van der Waals surface area contributed by atoms with Crippen molar-refractivity contribution in [2.45, 2.75) is 26.9 Å². The van der Waals surface area contributed by atoms with Gasteiger partial charge in [0.15, 0.2) is 0 Å². The van der Waals surface area contributed by atoms with E-state index >= 15 is 0 Å². The van der Waals surface area contributed by atoms with Crippen LogP contribution in [0.15, 0.2) is 36.5 Å². The normalized spacial score (nSPS) is 10.8. The van der Waals surface area contributed by atoms with Gasteiger partial charge in [-0.1, -0.05) is 6.07 Å². The Labute approximate surface area is 117 Å². The smallest absolute Gasteiger partial charge is 0.0998 e. The summed E-state index contributed by atoms with van der Waals surface area (Å²) in [5, 5.41) is 14.6. The Balaban J connectivity index is 2.05. The summed E-state index contributed by atoms with van der Waals surface area (Å²) in [7, 11) is 0. The maximum Gasteiger partial charge on any atom is 0.0998 e. The second kappa shape index (κ2) is 4.86. The highest BCUT2D eigenvalue weighted by Crippen LogP contribution is 2.21. The standard InChI is InChI=1S/C16H16N4/c1-3-20-14(9-12(2)18-20)11-19-8-7-15-13(10-17)5-4-6-16(15)19/h4-9H,3,11H2,1-2H3. The number of fused-ring (bicyclic) bond motifs is 1. The third-order valence-electron chi connectivity index (χ3n) is 3.55. The van der Waals surface area contributed by atoms with Gasteiger partial charge < -0.3 is 4.57 Å². The molecule has 3 rings (SSSR count). The molecule has 20 heavy (non-hydrogen) atoms. The van der Waals surface area contributed by atoms with E-state index in [0.29, 0.717) is 0 Å². The number of rotatable bonds is 3. The molecule has 0 unspecified atom stereocenters. The summed E-state index contributed by atoms with van der Waals surface area (Å²) in [5.41, 5.74) is 4.04. The second-order valence-corrected chi connectivity index (χ2v) is 4.89. The maximum atomic E-state index is 9.15. The third kappa shape index (κ3) is 1.97. The molecule has 0 spiro atoms. The lowest BCUT2D eigenvalue weighted by Crippen LogP contribution is -2.07. The van der Waals surface area contributed by atoms with E-state index in [1.807, 2.05) is 36.0 Å². The molecule has 0 aliphatic heterocycles. The number of benzene rings is 1. The molecule has 1 aromatic carbocycles. The van der Waals surface area contributed by atoms with Crippen LogP contribution in [0.25, 0.3) is 10.9 Å². The van der Waals surface area contributed by atoms with Crippen molar-refractivity contribution >= 4 is 10.9 Å². The minimum Gasteiger partial charge on any atom is -0.341 e. The Kier molecular flexibility index (Phi) is 3.03. The van der Waals surface area contributed by atoms with Crippen LogP contribution in [-0.2, 0) is 13.1 Å². The van der Waals surface area contributed by atoms with Gasteiger partial charge in [-0.05, 0) is 38.1 Å². The van der Waals surface area contributed by atoms with Crippen LogP contribution in [0.5, 0.6) is 0 Å².